The van der Waals surface area contributed by atoms with Crippen LogP contribution in [0.15, 0.2) is 24.3 Å². The zero-order chi connectivity index (χ0) is 11.4. The molecule has 1 aromatic carbocycles. The van der Waals surface area contributed by atoms with Crippen molar-refractivity contribution in [1.29, 1.82) is 0 Å². The van der Waals surface area contributed by atoms with Crippen molar-refractivity contribution in [3.05, 3.63) is 29.8 Å². The molecule has 3 heteroatoms. The quantitative estimate of drug-likeness (QED) is 0.853. The van der Waals surface area contributed by atoms with Gasteiger partial charge in [0.2, 0.25) is 5.91 Å². The van der Waals surface area contributed by atoms with Gasteiger partial charge in [0.1, 0.15) is 0 Å². The van der Waals surface area contributed by atoms with E-state index in [0.717, 1.165) is 24.3 Å². The highest BCUT2D eigenvalue weighted by Gasteiger charge is 2.21. The monoisotopic (exact) mass is 235 g/mol. The topological polar surface area (TPSA) is 29.1 Å². The van der Waals surface area contributed by atoms with E-state index in [1.54, 1.807) is 0 Å². The second-order valence-electron chi connectivity index (χ2n) is 4.27. The molecule has 16 heavy (non-hydrogen) atoms. The molecular formula is C13H17NOS. The zero-order valence-corrected chi connectivity index (χ0v) is 10.3. The van der Waals surface area contributed by atoms with Crippen molar-refractivity contribution in [3.63, 3.8) is 0 Å². The van der Waals surface area contributed by atoms with E-state index < -0.39 is 0 Å². The SMILES string of the molecule is Cc1ccc(NC(=O)C2CCCSC2)cc1. The van der Waals surface area contributed by atoms with Crippen LogP contribution in [-0.2, 0) is 4.79 Å². The van der Waals surface area contributed by atoms with Crippen LogP contribution >= 0.6 is 11.8 Å². The van der Waals surface area contributed by atoms with Gasteiger partial charge >= 0.3 is 0 Å². The maximum absolute atomic E-state index is 11.9. The number of hydrogen-bond donors (Lipinski definition) is 1. The predicted octanol–water partition coefficient (Wildman–Crippen LogP) is 3.08. The molecule has 0 radical (unpaired) electrons. The summed E-state index contributed by atoms with van der Waals surface area (Å²) in [4.78, 5) is 11.9. The van der Waals surface area contributed by atoms with Crippen molar-refractivity contribution in [2.75, 3.05) is 16.8 Å². The van der Waals surface area contributed by atoms with Gasteiger partial charge in [0, 0.05) is 17.4 Å². The van der Waals surface area contributed by atoms with Gasteiger partial charge in [-0.05, 0) is 37.7 Å². The zero-order valence-electron chi connectivity index (χ0n) is 9.53. The Balaban J connectivity index is 1.93. The fourth-order valence-electron chi connectivity index (χ4n) is 1.83. The Morgan fingerprint density at radius 3 is 2.75 bits per heavy atom. The molecule has 86 valence electrons. The number of hydrogen-bond acceptors (Lipinski definition) is 2. The summed E-state index contributed by atoms with van der Waals surface area (Å²) in [6, 6.07) is 7.96. The van der Waals surface area contributed by atoms with E-state index in [0.29, 0.717) is 0 Å². The molecule has 1 fully saturated rings. The molecule has 0 spiro atoms. The van der Waals surface area contributed by atoms with Gasteiger partial charge in [-0.25, -0.2) is 0 Å². The minimum Gasteiger partial charge on any atom is -0.326 e. The third kappa shape index (κ3) is 3.01. The Morgan fingerprint density at radius 1 is 1.38 bits per heavy atom. The van der Waals surface area contributed by atoms with Gasteiger partial charge in [-0.3, -0.25) is 4.79 Å². The van der Waals surface area contributed by atoms with Crippen molar-refractivity contribution in [3.8, 4) is 0 Å². The first-order valence-corrected chi connectivity index (χ1v) is 6.86. The average Bonchev–Trinajstić information content (AvgIpc) is 2.33. The lowest BCUT2D eigenvalue weighted by Crippen LogP contribution is -2.27. The van der Waals surface area contributed by atoms with Crippen LogP contribution < -0.4 is 5.32 Å². The largest absolute Gasteiger partial charge is 0.326 e. The number of carbonyl (C=O) groups excluding carboxylic acids is 1. The molecule has 1 aliphatic rings. The maximum Gasteiger partial charge on any atom is 0.228 e. The Kier molecular flexibility index (Phi) is 3.88. The standard InChI is InChI=1S/C13H17NOS/c1-10-4-6-12(7-5-10)14-13(15)11-3-2-8-16-9-11/h4-7,11H,2-3,8-9H2,1H3,(H,14,15). The number of anilines is 1. The summed E-state index contributed by atoms with van der Waals surface area (Å²) in [6.45, 7) is 2.05. The van der Waals surface area contributed by atoms with Crippen LogP contribution in [0.5, 0.6) is 0 Å². The highest BCUT2D eigenvalue weighted by Crippen LogP contribution is 2.23. The summed E-state index contributed by atoms with van der Waals surface area (Å²) >= 11 is 1.88. The van der Waals surface area contributed by atoms with Crippen LogP contribution in [0.2, 0.25) is 0 Å². The molecule has 0 bridgehead atoms. The Labute approximate surface area is 101 Å². The van der Waals surface area contributed by atoms with E-state index in [9.17, 15) is 4.79 Å². The molecule has 2 nitrogen and oxygen atoms in total. The summed E-state index contributed by atoms with van der Waals surface area (Å²) < 4.78 is 0. The third-order valence-electron chi connectivity index (χ3n) is 2.85. The summed E-state index contributed by atoms with van der Waals surface area (Å²) in [7, 11) is 0. The highest BCUT2D eigenvalue weighted by atomic mass is 32.2. The molecule has 1 atom stereocenters. The first-order valence-electron chi connectivity index (χ1n) is 5.71. The summed E-state index contributed by atoms with van der Waals surface area (Å²) in [5, 5.41) is 2.99. The summed E-state index contributed by atoms with van der Waals surface area (Å²) in [5.41, 5.74) is 2.12. The minimum atomic E-state index is 0.177. The summed E-state index contributed by atoms with van der Waals surface area (Å²) in [5.74, 6) is 2.54. The number of nitrogens with one attached hydrogen (secondary N) is 1. The molecule has 0 saturated carbocycles. The molecule has 0 aromatic heterocycles. The van der Waals surface area contributed by atoms with Gasteiger partial charge in [0.25, 0.3) is 0 Å². The van der Waals surface area contributed by atoms with Crippen LogP contribution in [-0.4, -0.2) is 17.4 Å². The molecule has 1 N–H and O–H groups in total. The second kappa shape index (κ2) is 5.39. The first kappa shape index (κ1) is 11.5. The molecular weight excluding hydrogens is 218 g/mol. The molecule has 0 aliphatic carbocycles. The highest BCUT2D eigenvalue weighted by molar-refractivity contribution is 7.99. The van der Waals surface area contributed by atoms with Gasteiger partial charge < -0.3 is 5.32 Å². The molecule has 1 unspecified atom stereocenters. The van der Waals surface area contributed by atoms with Gasteiger partial charge in [-0.1, -0.05) is 17.7 Å². The van der Waals surface area contributed by atoms with E-state index in [-0.39, 0.29) is 11.8 Å². The molecule has 1 saturated heterocycles. The van der Waals surface area contributed by atoms with Crippen LogP contribution in [0.25, 0.3) is 0 Å². The molecule has 1 amide bonds. The van der Waals surface area contributed by atoms with Crippen molar-refractivity contribution in [1.82, 2.24) is 0 Å². The number of rotatable bonds is 2. The van der Waals surface area contributed by atoms with Gasteiger partial charge in [0.15, 0.2) is 0 Å². The van der Waals surface area contributed by atoms with Crippen molar-refractivity contribution < 1.29 is 4.79 Å². The Hall–Kier alpha value is -0.960. The average molecular weight is 235 g/mol. The Bertz CT molecular complexity index is 355. The number of amides is 1. The molecule has 1 heterocycles. The third-order valence-corrected chi connectivity index (χ3v) is 4.07. The van der Waals surface area contributed by atoms with E-state index >= 15 is 0 Å². The number of benzene rings is 1. The lowest BCUT2D eigenvalue weighted by molar-refractivity contribution is -0.119. The van der Waals surface area contributed by atoms with Crippen molar-refractivity contribution in [2.24, 2.45) is 5.92 Å². The van der Waals surface area contributed by atoms with Crippen LogP contribution in [0.3, 0.4) is 0 Å². The second-order valence-corrected chi connectivity index (χ2v) is 5.42. The molecule has 1 aliphatic heterocycles. The fourth-order valence-corrected chi connectivity index (χ4v) is 2.97. The van der Waals surface area contributed by atoms with Gasteiger partial charge in [-0.15, -0.1) is 0 Å². The minimum absolute atomic E-state index is 0.177. The van der Waals surface area contributed by atoms with Crippen LogP contribution in [0.1, 0.15) is 18.4 Å². The van der Waals surface area contributed by atoms with E-state index in [1.165, 1.54) is 11.3 Å². The Morgan fingerprint density at radius 2 is 2.12 bits per heavy atom. The normalized spacial score (nSPS) is 20.4. The van der Waals surface area contributed by atoms with E-state index in [2.05, 4.69) is 5.32 Å². The van der Waals surface area contributed by atoms with Crippen molar-refractivity contribution in [2.45, 2.75) is 19.8 Å². The van der Waals surface area contributed by atoms with Gasteiger partial charge in [-0.2, -0.15) is 11.8 Å². The van der Waals surface area contributed by atoms with Crippen LogP contribution in [0.4, 0.5) is 5.69 Å². The lowest BCUT2D eigenvalue weighted by atomic mass is 10.0. The predicted molar refractivity (Wildman–Crippen MR) is 69.9 cm³/mol. The fraction of sp³-hybridized carbons (Fsp3) is 0.462. The van der Waals surface area contributed by atoms with Crippen molar-refractivity contribution >= 4 is 23.4 Å². The summed E-state index contributed by atoms with van der Waals surface area (Å²) in [6.07, 6.45) is 2.20. The number of carbonyl (C=O) groups is 1. The number of thioether (sulfide) groups is 1. The smallest absolute Gasteiger partial charge is 0.228 e. The maximum atomic E-state index is 11.9. The molecule has 2 rings (SSSR count). The first-order chi connectivity index (χ1) is 7.75. The van der Waals surface area contributed by atoms with Gasteiger partial charge in [0.05, 0.1) is 0 Å². The van der Waals surface area contributed by atoms with Crippen LogP contribution in [0, 0.1) is 12.8 Å². The van der Waals surface area contributed by atoms with E-state index in [4.69, 9.17) is 0 Å². The molecule has 1 aromatic rings. The number of aryl methyl sites for hydroxylation is 1. The lowest BCUT2D eigenvalue weighted by Gasteiger charge is -2.20. The van der Waals surface area contributed by atoms with E-state index in [1.807, 2.05) is 43.0 Å².